The van der Waals surface area contributed by atoms with Crippen molar-refractivity contribution in [3.8, 4) is 28.0 Å². The molecule has 0 amide bonds. The Morgan fingerprint density at radius 2 is 1.23 bits per heavy atom. The molecule has 1 atom stereocenters. The van der Waals surface area contributed by atoms with Crippen LogP contribution in [0.3, 0.4) is 0 Å². The highest BCUT2D eigenvalue weighted by molar-refractivity contribution is 5.86. The van der Waals surface area contributed by atoms with Gasteiger partial charge in [0.05, 0.1) is 0 Å². The van der Waals surface area contributed by atoms with Crippen LogP contribution >= 0.6 is 0 Å². The Hall–Kier alpha value is -5.09. The monoisotopic (exact) mass is 509 g/mol. The lowest BCUT2D eigenvalue weighted by Crippen LogP contribution is -2.18. The molecule has 39 heavy (non-hydrogen) atoms. The number of fused-ring (bicyclic) bond motifs is 1. The van der Waals surface area contributed by atoms with Gasteiger partial charge in [-0.05, 0) is 57.5 Å². The number of nitrogens with zero attached hydrogens (tertiary/aromatic N) is 1. The van der Waals surface area contributed by atoms with E-state index in [-0.39, 0.29) is 0 Å². The average Bonchev–Trinajstić information content (AvgIpc) is 3.39. The molecular formula is C35H27NO3. The van der Waals surface area contributed by atoms with E-state index < -0.39 is 12.1 Å². The minimum atomic E-state index is -1.05. The van der Waals surface area contributed by atoms with Crippen LogP contribution in [-0.4, -0.2) is 15.6 Å². The molecule has 190 valence electrons. The lowest BCUT2D eigenvalue weighted by molar-refractivity contribution is -0.145. The number of hydrogen-bond acceptors (Lipinski definition) is 2. The number of carboxylic acid groups (broad SMARTS) is 1. The van der Waals surface area contributed by atoms with Crippen molar-refractivity contribution in [1.29, 1.82) is 0 Å². The average molecular weight is 510 g/mol. The Morgan fingerprint density at radius 3 is 1.87 bits per heavy atom. The zero-order valence-corrected chi connectivity index (χ0v) is 21.3. The fourth-order valence-corrected chi connectivity index (χ4v) is 4.89. The maximum absolute atomic E-state index is 11.8. The Bertz CT molecular complexity index is 1700. The van der Waals surface area contributed by atoms with Crippen molar-refractivity contribution in [3.05, 3.63) is 151 Å². The summed E-state index contributed by atoms with van der Waals surface area (Å²) in [6.45, 7) is 0.838. The van der Waals surface area contributed by atoms with Gasteiger partial charge in [0.25, 0.3) is 0 Å². The van der Waals surface area contributed by atoms with Crippen LogP contribution in [0.4, 0.5) is 0 Å². The molecule has 0 saturated carbocycles. The summed E-state index contributed by atoms with van der Waals surface area (Å²) in [7, 11) is 0. The van der Waals surface area contributed by atoms with Gasteiger partial charge in [0.15, 0.2) is 0 Å². The van der Waals surface area contributed by atoms with Crippen molar-refractivity contribution in [3.63, 3.8) is 0 Å². The van der Waals surface area contributed by atoms with Gasteiger partial charge in [-0.1, -0.05) is 109 Å². The van der Waals surface area contributed by atoms with Crippen molar-refractivity contribution in [2.24, 2.45) is 0 Å². The normalized spacial score (nSPS) is 11.8. The van der Waals surface area contributed by atoms with Crippen LogP contribution < -0.4 is 4.74 Å². The summed E-state index contributed by atoms with van der Waals surface area (Å²) in [5.41, 5.74) is 7.54. The molecular weight excluding hydrogens is 482 g/mol. The number of carboxylic acids is 1. The van der Waals surface area contributed by atoms with Gasteiger partial charge in [0, 0.05) is 23.8 Å². The maximum atomic E-state index is 11.8. The van der Waals surface area contributed by atoms with Crippen molar-refractivity contribution in [2.45, 2.75) is 12.6 Å². The highest BCUT2D eigenvalue weighted by atomic mass is 16.5. The van der Waals surface area contributed by atoms with Crippen LogP contribution in [-0.2, 0) is 11.3 Å². The molecule has 1 unspecified atom stereocenters. The Labute approximate surface area is 227 Å². The van der Waals surface area contributed by atoms with Gasteiger partial charge in [-0.2, -0.15) is 0 Å². The molecule has 1 aromatic heterocycles. The van der Waals surface area contributed by atoms with Crippen molar-refractivity contribution >= 4 is 16.9 Å². The molecule has 0 aliphatic carbocycles. The summed E-state index contributed by atoms with van der Waals surface area (Å²) in [6, 6.07) is 44.3. The van der Waals surface area contributed by atoms with Gasteiger partial charge in [-0.25, -0.2) is 4.79 Å². The van der Waals surface area contributed by atoms with Crippen LogP contribution in [0.15, 0.2) is 140 Å². The number of benzene rings is 5. The second kappa shape index (κ2) is 10.7. The molecule has 0 aliphatic rings. The highest BCUT2D eigenvalue weighted by Gasteiger charge is 2.21. The molecule has 6 rings (SSSR count). The first-order valence-corrected chi connectivity index (χ1v) is 12.9. The number of ether oxygens (including phenoxy) is 1. The smallest absolute Gasteiger partial charge is 0.349 e. The molecule has 4 nitrogen and oxygen atoms in total. The molecule has 6 aromatic rings. The largest absolute Gasteiger partial charge is 0.478 e. The summed E-state index contributed by atoms with van der Waals surface area (Å²) < 4.78 is 8.09. The van der Waals surface area contributed by atoms with Crippen molar-refractivity contribution in [2.75, 3.05) is 0 Å². The Kier molecular flexibility index (Phi) is 6.67. The molecule has 0 aliphatic heterocycles. The van der Waals surface area contributed by atoms with Gasteiger partial charge in [-0.15, -0.1) is 0 Å². The minimum absolute atomic E-state index is 0.512. The SMILES string of the molecule is O=C(O)C(Oc1ccc(-c2ccc(-c3ccc4ccn(Cc5ccccc5)c4c3)cc2)cc1)c1ccccc1. The zero-order chi connectivity index (χ0) is 26.6. The summed E-state index contributed by atoms with van der Waals surface area (Å²) in [4.78, 5) is 11.8. The third-order valence-electron chi connectivity index (χ3n) is 6.96. The highest BCUT2D eigenvalue weighted by Crippen LogP contribution is 2.30. The van der Waals surface area contributed by atoms with Crippen LogP contribution in [0.5, 0.6) is 5.75 Å². The third kappa shape index (κ3) is 5.32. The van der Waals surface area contributed by atoms with E-state index in [1.165, 1.54) is 22.0 Å². The van der Waals surface area contributed by atoms with E-state index in [1.807, 2.05) is 48.5 Å². The van der Waals surface area contributed by atoms with E-state index >= 15 is 0 Å². The summed E-state index contributed by atoms with van der Waals surface area (Å²) in [5, 5.41) is 10.9. The zero-order valence-electron chi connectivity index (χ0n) is 21.3. The van der Waals surface area contributed by atoms with Crippen molar-refractivity contribution in [1.82, 2.24) is 4.57 Å². The molecule has 0 spiro atoms. The fraction of sp³-hybridized carbons (Fsp3) is 0.0571. The van der Waals surface area contributed by atoms with E-state index in [0.29, 0.717) is 11.3 Å². The van der Waals surface area contributed by atoms with Gasteiger partial charge < -0.3 is 14.4 Å². The van der Waals surface area contributed by atoms with Crippen LogP contribution in [0.1, 0.15) is 17.2 Å². The van der Waals surface area contributed by atoms with E-state index in [0.717, 1.165) is 23.2 Å². The molecule has 4 heteroatoms. The fourth-order valence-electron chi connectivity index (χ4n) is 4.89. The molecule has 1 N–H and O–H groups in total. The van der Waals surface area contributed by atoms with E-state index in [2.05, 4.69) is 83.6 Å². The van der Waals surface area contributed by atoms with Crippen LogP contribution in [0.2, 0.25) is 0 Å². The second-order valence-electron chi connectivity index (χ2n) is 9.55. The molecule has 0 fully saturated rings. The number of carbonyl (C=O) groups is 1. The van der Waals surface area contributed by atoms with Crippen molar-refractivity contribution < 1.29 is 14.6 Å². The summed E-state index contributed by atoms with van der Waals surface area (Å²) in [5.74, 6) is -0.509. The van der Waals surface area contributed by atoms with E-state index in [1.54, 1.807) is 12.1 Å². The standard InChI is InChI=1S/C35H27NO3/c37-35(38)34(30-9-5-2-6-10-30)39-32-19-17-27(18-20-32)26-11-13-28(14-12-26)31-16-15-29-21-22-36(33(29)23-31)24-25-7-3-1-4-8-25/h1-23,34H,24H2,(H,37,38). The van der Waals surface area contributed by atoms with Gasteiger partial charge in [0.1, 0.15) is 5.75 Å². The maximum Gasteiger partial charge on any atom is 0.349 e. The number of aliphatic carboxylic acids is 1. The van der Waals surface area contributed by atoms with E-state index in [9.17, 15) is 9.90 Å². The van der Waals surface area contributed by atoms with Crippen LogP contribution in [0, 0.1) is 0 Å². The summed E-state index contributed by atoms with van der Waals surface area (Å²) >= 11 is 0. The topological polar surface area (TPSA) is 51.5 Å². The molecule has 1 heterocycles. The Morgan fingerprint density at radius 1 is 0.667 bits per heavy atom. The molecule has 0 bridgehead atoms. The molecule has 0 radical (unpaired) electrons. The predicted octanol–water partition coefficient (Wildman–Crippen LogP) is 8.23. The first kappa shape index (κ1) is 24.3. The lowest BCUT2D eigenvalue weighted by atomic mass is 9.99. The summed E-state index contributed by atoms with van der Waals surface area (Å²) in [6.07, 6.45) is 1.10. The Balaban J connectivity index is 1.19. The second-order valence-corrected chi connectivity index (χ2v) is 9.55. The van der Waals surface area contributed by atoms with Gasteiger partial charge >= 0.3 is 5.97 Å². The first-order valence-electron chi connectivity index (χ1n) is 12.9. The predicted molar refractivity (Wildman–Crippen MR) is 156 cm³/mol. The number of rotatable bonds is 8. The van der Waals surface area contributed by atoms with Gasteiger partial charge in [-0.3, -0.25) is 0 Å². The number of hydrogen-bond donors (Lipinski definition) is 1. The minimum Gasteiger partial charge on any atom is -0.478 e. The van der Waals surface area contributed by atoms with Gasteiger partial charge in [0.2, 0.25) is 6.10 Å². The van der Waals surface area contributed by atoms with Crippen LogP contribution in [0.25, 0.3) is 33.2 Å². The lowest BCUT2D eigenvalue weighted by Gasteiger charge is -2.16. The number of aromatic nitrogens is 1. The molecule has 0 saturated heterocycles. The third-order valence-corrected chi connectivity index (χ3v) is 6.96. The first-order chi connectivity index (χ1) is 19.1. The quantitative estimate of drug-likeness (QED) is 0.225. The van der Waals surface area contributed by atoms with E-state index in [4.69, 9.17) is 4.74 Å². The molecule has 5 aromatic carbocycles.